The zero-order valence-electron chi connectivity index (χ0n) is 17.5. The summed E-state index contributed by atoms with van der Waals surface area (Å²) in [6, 6.07) is 1.93. The van der Waals surface area contributed by atoms with Crippen molar-refractivity contribution >= 4 is 17.2 Å². The lowest BCUT2D eigenvalue weighted by Gasteiger charge is -2.41. The number of likely N-dealkylation sites (N-methyl/N-ethyl adjacent to an activating group) is 1. The number of hydrogen-bond acceptors (Lipinski definition) is 4. The number of nitrogens with zero attached hydrogens (tertiary/aromatic N) is 3. The Kier molecular flexibility index (Phi) is 4.61. The van der Waals surface area contributed by atoms with Gasteiger partial charge in [-0.25, -0.2) is 9.18 Å². The molecule has 2 aromatic rings. The number of rotatable bonds is 3. The van der Waals surface area contributed by atoms with Crippen molar-refractivity contribution in [3.8, 4) is 0 Å². The average Bonchev–Trinajstić information content (AvgIpc) is 3.53. The molecule has 2 saturated heterocycles. The van der Waals surface area contributed by atoms with Crippen molar-refractivity contribution in [1.29, 1.82) is 0 Å². The van der Waals surface area contributed by atoms with Gasteiger partial charge in [0.15, 0.2) is 5.82 Å². The second kappa shape index (κ2) is 7.08. The molecule has 6 nitrogen and oxygen atoms in total. The first kappa shape index (κ1) is 19.5. The van der Waals surface area contributed by atoms with Crippen LogP contribution in [0.4, 0.5) is 10.1 Å². The smallest absolute Gasteiger partial charge is 0.341 e. The minimum atomic E-state index is -1.26. The fraction of sp³-hybridized carbons (Fsp3) is 0.565. The normalized spacial score (nSPS) is 24.8. The van der Waals surface area contributed by atoms with E-state index in [-0.39, 0.29) is 11.5 Å². The predicted octanol–water partition coefficient (Wildman–Crippen LogP) is 3.24. The second-order valence-corrected chi connectivity index (χ2v) is 9.35. The fourth-order valence-electron chi connectivity index (χ4n) is 5.59. The molecule has 1 aliphatic carbocycles. The molecule has 5 rings (SSSR count). The highest BCUT2D eigenvalue weighted by atomic mass is 19.1. The highest BCUT2D eigenvalue weighted by molar-refractivity contribution is 5.89. The van der Waals surface area contributed by atoms with Crippen LogP contribution in [0.5, 0.6) is 0 Å². The van der Waals surface area contributed by atoms with Crippen LogP contribution in [0.2, 0.25) is 0 Å². The van der Waals surface area contributed by atoms with Crippen LogP contribution < -0.4 is 10.5 Å². The van der Waals surface area contributed by atoms with Crippen LogP contribution in [0, 0.1) is 18.7 Å². The van der Waals surface area contributed by atoms with Crippen LogP contribution in [-0.2, 0) is 0 Å². The van der Waals surface area contributed by atoms with Crippen LogP contribution in [0.1, 0.15) is 59.5 Å². The van der Waals surface area contributed by atoms with Crippen molar-refractivity contribution in [2.24, 2.45) is 5.92 Å². The Hall–Kier alpha value is -2.41. The summed E-state index contributed by atoms with van der Waals surface area (Å²) in [5.74, 6) is -0.928. The summed E-state index contributed by atoms with van der Waals surface area (Å²) in [6.45, 7) is 4.56. The third kappa shape index (κ3) is 3.11. The standard InChI is InChI=1S/C23H28FN3O3/c1-13-20-17(15-5-6-15)9-18(23(29)30)22(28)27(20)12-19(24)21(13)26-10-14-4-3-7-25(2)16(8-14)11-26/h9,12,14-16H,3-8,10-11H2,1-2H3,(H,29,30). The van der Waals surface area contributed by atoms with Gasteiger partial charge in [-0.2, -0.15) is 0 Å². The van der Waals surface area contributed by atoms with Gasteiger partial charge in [-0.3, -0.25) is 9.20 Å². The van der Waals surface area contributed by atoms with E-state index in [1.165, 1.54) is 23.1 Å². The summed E-state index contributed by atoms with van der Waals surface area (Å²) in [5.41, 5.74) is 1.91. The number of halogens is 1. The average molecular weight is 413 g/mol. The molecule has 3 fully saturated rings. The van der Waals surface area contributed by atoms with Crippen molar-refractivity contribution in [2.45, 2.75) is 51.0 Å². The van der Waals surface area contributed by atoms with Crippen LogP contribution in [0.15, 0.2) is 17.1 Å². The van der Waals surface area contributed by atoms with Gasteiger partial charge in [0.25, 0.3) is 5.56 Å². The summed E-state index contributed by atoms with van der Waals surface area (Å²) < 4.78 is 16.7. The Bertz CT molecular complexity index is 1090. The van der Waals surface area contributed by atoms with Gasteiger partial charge in [0.2, 0.25) is 0 Å². The van der Waals surface area contributed by atoms with Gasteiger partial charge < -0.3 is 14.9 Å². The van der Waals surface area contributed by atoms with Crippen molar-refractivity contribution in [3.63, 3.8) is 0 Å². The van der Waals surface area contributed by atoms with E-state index >= 15 is 4.39 Å². The maximum absolute atomic E-state index is 15.4. The molecular formula is C23H28FN3O3. The zero-order valence-corrected chi connectivity index (χ0v) is 17.5. The molecule has 2 bridgehead atoms. The van der Waals surface area contributed by atoms with Gasteiger partial charge in [-0.15, -0.1) is 0 Å². The molecule has 2 unspecified atom stereocenters. The third-order valence-corrected chi connectivity index (χ3v) is 7.27. The van der Waals surface area contributed by atoms with E-state index in [1.807, 2.05) is 6.92 Å². The molecule has 0 spiro atoms. The first-order valence-corrected chi connectivity index (χ1v) is 10.9. The molecule has 3 aliphatic rings. The van der Waals surface area contributed by atoms with Gasteiger partial charge in [-0.1, -0.05) is 0 Å². The number of anilines is 1. The molecule has 0 amide bonds. The van der Waals surface area contributed by atoms with Gasteiger partial charge in [-0.05, 0) is 81.6 Å². The lowest BCUT2D eigenvalue weighted by Crippen LogP contribution is -2.49. The molecule has 0 aromatic carbocycles. The molecule has 30 heavy (non-hydrogen) atoms. The van der Waals surface area contributed by atoms with Gasteiger partial charge >= 0.3 is 5.97 Å². The molecular weight excluding hydrogens is 385 g/mol. The number of aromatic carboxylic acids is 1. The van der Waals surface area contributed by atoms with Crippen molar-refractivity contribution in [2.75, 3.05) is 31.6 Å². The monoisotopic (exact) mass is 413 g/mol. The van der Waals surface area contributed by atoms with E-state index in [0.29, 0.717) is 23.2 Å². The zero-order chi connectivity index (χ0) is 21.2. The molecule has 0 radical (unpaired) electrons. The molecule has 2 aliphatic heterocycles. The van der Waals surface area contributed by atoms with Crippen molar-refractivity contribution < 1.29 is 14.3 Å². The number of hydrogen-bond donors (Lipinski definition) is 1. The van der Waals surface area contributed by atoms with E-state index in [9.17, 15) is 14.7 Å². The first-order chi connectivity index (χ1) is 14.3. The molecule has 4 heterocycles. The summed E-state index contributed by atoms with van der Waals surface area (Å²) >= 11 is 0. The Morgan fingerprint density at radius 3 is 2.70 bits per heavy atom. The quantitative estimate of drug-likeness (QED) is 0.837. The molecule has 1 saturated carbocycles. The summed E-state index contributed by atoms with van der Waals surface area (Å²) in [5, 5.41) is 9.47. The lowest BCUT2D eigenvalue weighted by atomic mass is 9.91. The summed E-state index contributed by atoms with van der Waals surface area (Å²) in [6.07, 6.45) is 6.62. The maximum atomic E-state index is 15.4. The number of aryl methyl sites for hydroxylation is 1. The predicted molar refractivity (Wildman–Crippen MR) is 113 cm³/mol. The Balaban J connectivity index is 1.69. The molecule has 1 N–H and O–H groups in total. The Labute approximate surface area is 174 Å². The van der Waals surface area contributed by atoms with E-state index in [0.717, 1.165) is 56.4 Å². The lowest BCUT2D eigenvalue weighted by molar-refractivity contribution is 0.0694. The number of carboxylic acid groups (broad SMARTS) is 1. The van der Waals surface area contributed by atoms with E-state index in [2.05, 4.69) is 16.8 Å². The second-order valence-electron chi connectivity index (χ2n) is 9.35. The van der Waals surface area contributed by atoms with Gasteiger partial charge in [0.05, 0.1) is 17.4 Å². The molecule has 2 aromatic heterocycles. The number of carboxylic acids is 1. The number of aromatic nitrogens is 1. The van der Waals surface area contributed by atoms with E-state index in [1.54, 1.807) is 0 Å². The van der Waals surface area contributed by atoms with Crippen LogP contribution in [0.3, 0.4) is 0 Å². The van der Waals surface area contributed by atoms with Crippen LogP contribution in [0.25, 0.3) is 5.52 Å². The van der Waals surface area contributed by atoms with Crippen LogP contribution >= 0.6 is 0 Å². The minimum absolute atomic E-state index is 0.241. The van der Waals surface area contributed by atoms with Crippen molar-refractivity contribution in [3.05, 3.63) is 45.1 Å². The SMILES string of the molecule is Cc1c(N2CC3CCCN(C)C(C3)C2)c(F)cn2c(=O)c(C(=O)O)cc(C3CC3)c12. The highest BCUT2D eigenvalue weighted by Gasteiger charge is 2.35. The summed E-state index contributed by atoms with van der Waals surface area (Å²) in [4.78, 5) is 29.0. The molecule has 7 heteroatoms. The van der Waals surface area contributed by atoms with E-state index < -0.39 is 17.3 Å². The molecule has 160 valence electrons. The summed E-state index contributed by atoms with van der Waals surface area (Å²) in [7, 11) is 2.15. The number of piperidine rings is 1. The maximum Gasteiger partial charge on any atom is 0.341 e. The Morgan fingerprint density at radius 1 is 1.23 bits per heavy atom. The number of pyridine rings is 2. The van der Waals surface area contributed by atoms with Gasteiger partial charge in [0.1, 0.15) is 5.56 Å². The van der Waals surface area contributed by atoms with Crippen molar-refractivity contribution in [1.82, 2.24) is 9.30 Å². The third-order valence-electron chi connectivity index (χ3n) is 7.27. The molecule has 2 atom stereocenters. The number of fused-ring (bicyclic) bond motifs is 3. The number of carbonyl (C=O) groups is 1. The highest BCUT2D eigenvalue weighted by Crippen LogP contribution is 2.44. The first-order valence-electron chi connectivity index (χ1n) is 10.9. The van der Waals surface area contributed by atoms with E-state index in [4.69, 9.17) is 0 Å². The topological polar surface area (TPSA) is 65.3 Å². The minimum Gasteiger partial charge on any atom is -0.477 e. The van der Waals surface area contributed by atoms with Crippen LogP contribution in [-0.4, -0.2) is 53.1 Å². The van der Waals surface area contributed by atoms with Gasteiger partial charge in [0, 0.05) is 19.1 Å². The fourth-order valence-corrected chi connectivity index (χ4v) is 5.59. The largest absolute Gasteiger partial charge is 0.477 e. The Morgan fingerprint density at radius 2 is 2.00 bits per heavy atom. The number of likely N-dealkylation sites (tertiary alicyclic amines) is 1.